The molecule has 1 aromatic rings. The Kier molecular flexibility index (Phi) is 6.00. The Balaban J connectivity index is 2.58. The highest BCUT2D eigenvalue weighted by molar-refractivity contribution is 5.84. The van der Waals surface area contributed by atoms with Crippen LogP contribution in [-0.2, 0) is 18.3 Å². The van der Waals surface area contributed by atoms with Crippen LogP contribution in [0.1, 0.15) is 53.5 Å². The van der Waals surface area contributed by atoms with Gasteiger partial charge >= 0.3 is 6.09 Å². The summed E-state index contributed by atoms with van der Waals surface area (Å²) in [5.41, 5.74) is 0.732. The third kappa shape index (κ3) is 6.93. The van der Waals surface area contributed by atoms with E-state index in [1.807, 2.05) is 20.8 Å². The quantitative estimate of drug-likeness (QED) is 0.819. The number of hydrogen-bond donors (Lipinski definition) is 2. The van der Waals surface area contributed by atoms with E-state index in [9.17, 15) is 4.79 Å². The van der Waals surface area contributed by atoms with Gasteiger partial charge in [-0.2, -0.15) is 5.10 Å². The summed E-state index contributed by atoms with van der Waals surface area (Å²) in [6.45, 7) is 13.7. The maximum Gasteiger partial charge on any atom is 0.413 e. The highest BCUT2D eigenvalue weighted by atomic mass is 16.6. The van der Waals surface area contributed by atoms with Crippen LogP contribution in [0.25, 0.3) is 0 Å². The van der Waals surface area contributed by atoms with Crippen molar-refractivity contribution in [1.82, 2.24) is 15.1 Å². The van der Waals surface area contributed by atoms with Gasteiger partial charge < -0.3 is 10.1 Å². The predicted molar refractivity (Wildman–Crippen MR) is 88.8 cm³/mol. The van der Waals surface area contributed by atoms with Crippen LogP contribution in [0.2, 0.25) is 0 Å². The Labute approximate surface area is 133 Å². The summed E-state index contributed by atoms with van der Waals surface area (Å²) in [6.07, 6.45) is 2.38. The normalized spacial score (nSPS) is 12.3. The summed E-state index contributed by atoms with van der Waals surface area (Å²) in [7, 11) is 1.80. The van der Waals surface area contributed by atoms with Gasteiger partial charge in [0.05, 0.1) is 6.20 Å². The fourth-order valence-corrected chi connectivity index (χ4v) is 1.86. The van der Waals surface area contributed by atoms with Gasteiger partial charge in [0.1, 0.15) is 11.4 Å². The van der Waals surface area contributed by atoms with Gasteiger partial charge in [-0.3, -0.25) is 10.00 Å². The molecule has 6 heteroatoms. The summed E-state index contributed by atoms with van der Waals surface area (Å²) >= 11 is 0. The van der Waals surface area contributed by atoms with Crippen LogP contribution in [-0.4, -0.2) is 28.0 Å². The lowest BCUT2D eigenvalue weighted by atomic mass is 9.92. The number of hydrogen-bond acceptors (Lipinski definition) is 4. The molecule has 1 heterocycles. The van der Waals surface area contributed by atoms with Crippen molar-refractivity contribution in [3.8, 4) is 0 Å². The molecule has 0 aliphatic heterocycles. The predicted octanol–water partition coefficient (Wildman–Crippen LogP) is 3.29. The topological polar surface area (TPSA) is 68.2 Å². The zero-order chi connectivity index (χ0) is 17.0. The maximum absolute atomic E-state index is 11.9. The highest BCUT2D eigenvalue weighted by Crippen LogP contribution is 2.18. The van der Waals surface area contributed by atoms with E-state index in [2.05, 4.69) is 36.5 Å². The first-order chi connectivity index (χ1) is 9.98. The first kappa shape index (κ1) is 18.5. The summed E-state index contributed by atoms with van der Waals surface area (Å²) in [4.78, 5) is 11.9. The number of ether oxygens (including phenoxy) is 1. The van der Waals surface area contributed by atoms with E-state index in [1.54, 1.807) is 17.9 Å². The molecule has 0 bridgehead atoms. The monoisotopic (exact) mass is 310 g/mol. The van der Waals surface area contributed by atoms with E-state index in [1.165, 1.54) is 0 Å². The van der Waals surface area contributed by atoms with Crippen LogP contribution in [0, 0.1) is 5.41 Å². The molecule has 1 rings (SSSR count). The second-order valence-corrected chi connectivity index (χ2v) is 7.76. The van der Waals surface area contributed by atoms with Crippen molar-refractivity contribution in [2.45, 2.75) is 60.1 Å². The van der Waals surface area contributed by atoms with Crippen molar-refractivity contribution in [3.05, 3.63) is 11.8 Å². The smallest absolute Gasteiger partial charge is 0.413 e. The molecule has 22 heavy (non-hydrogen) atoms. The number of anilines is 1. The molecule has 0 atom stereocenters. The van der Waals surface area contributed by atoms with Gasteiger partial charge in [0, 0.05) is 19.2 Å². The fraction of sp³-hybridized carbons (Fsp3) is 0.750. The van der Waals surface area contributed by atoms with Gasteiger partial charge in [-0.1, -0.05) is 20.8 Å². The molecule has 0 spiro atoms. The number of carbonyl (C=O) groups excluding carboxylic acids is 1. The van der Waals surface area contributed by atoms with Crippen molar-refractivity contribution in [3.63, 3.8) is 0 Å². The second-order valence-electron chi connectivity index (χ2n) is 7.76. The molecule has 0 aromatic carbocycles. The van der Waals surface area contributed by atoms with Gasteiger partial charge in [0.25, 0.3) is 0 Å². The van der Waals surface area contributed by atoms with Crippen LogP contribution >= 0.6 is 0 Å². The van der Waals surface area contributed by atoms with Crippen LogP contribution in [0.4, 0.5) is 10.6 Å². The zero-order valence-corrected chi connectivity index (χ0v) is 14.9. The molecule has 6 nitrogen and oxygen atoms in total. The number of carbonyl (C=O) groups is 1. The minimum atomic E-state index is -0.520. The summed E-state index contributed by atoms with van der Waals surface area (Å²) in [5, 5.41) is 10.4. The molecule has 0 unspecified atom stereocenters. The molecule has 0 aliphatic rings. The van der Waals surface area contributed by atoms with Gasteiger partial charge in [0.15, 0.2) is 0 Å². The van der Waals surface area contributed by atoms with Gasteiger partial charge in [-0.05, 0) is 39.2 Å². The molecular formula is C16H30N4O2. The van der Waals surface area contributed by atoms with Crippen LogP contribution in [0.15, 0.2) is 6.20 Å². The van der Waals surface area contributed by atoms with E-state index in [4.69, 9.17) is 4.74 Å². The Bertz CT molecular complexity index is 495. The number of nitrogens with one attached hydrogen (secondary N) is 2. The van der Waals surface area contributed by atoms with Crippen molar-refractivity contribution in [1.29, 1.82) is 0 Å². The first-order valence-electron chi connectivity index (χ1n) is 7.69. The fourth-order valence-electron chi connectivity index (χ4n) is 1.86. The third-order valence-electron chi connectivity index (χ3n) is 3.00. The van der Waals surface area contributed by atoms with Crippen LogP contribution in [0.5, 0.6) is 0 Å². The lowest BCUT2D eigenvalue weighted by Gasteiger charge is -2.20. The number of aromatic nitrogens is 2. The number of nitrogens with zero attached hydrogens (tertiary/aromatic N) is 2. The lowest BCUT2D eigenvalue weighted by Crippen LogP contribution is -2.28. The van der Waals surface area contributed by atoms with E-state index in [0.29, 0.717) is 17.8 Å². The molecule has 0 radical (unpaired) electrons. The number of amides is 1. The maximum atomic E-state index is 11.9. The Morgan fingerprint density at radius 3 is 2.45 bits per heavy atom. The Hall–Kier alpha value is -1.56. The number of aryl methyl sites for hydroxylation is 1. The zero-order valence-electron chi connectivity index (χ0n) is 14.9. The lowest BCUT2D eigenvalue weighted by molar-refractivity contribution is 0.0634. The van der Waals surface area contributed by atoms with Gasteiger partial charge in [-0.25, -0.2) is 4.79 Å². The van der Waals surface area contributed by atoms with E-state index >= 15 is 0 Å². The molecule has 0 saturated carbocycles. The van der Waals surface area contributed by atoms with Crippen molar-refractivity contribution in [2.24, 2.45) is 12.5 Å². The van der Waals surface area contributed by atoms with Crippen molar-refractivity contribution < 1.29 is 9.53 Å². The summed E-state index contributed by atoms with van der Waals surface area (Å²) in [5.74, 6) is 0.664. The van der Waals surface area contributed by atoms with Gasteiger partial charge in [-0.15, -0.1) is 0 Å². The minimum absolute atomic E-state index is 0.305. The average Bonchev–Trinajstić information content (AvgIpc) is 2.63. The van der Waals surface area contributed by atoms with Gasteiger partial charge in [0.2, 0.25) is 0 Å². The molecule has 1 aromatic heterocycles. The summed E-state index contributed by atoms with van der Waals surface area (Å²) < 4.78 is 6.92. The Morgan fingerprint density at radius 1 is 1.27 bits per heavy atom. The third-order valence-corrected chi connectivity index (χ3v) is 3.00. The van der Waals surface area contributed by atoms with Crippen LogP contribution < -0.4 is 10.6 Å². The molecule has 0 fully saturated rings. The molecule has 0 aliphatic carbocycles. The molecule has 1 amide bonds. The highest BCUT2D eigenvalue weighted by Gasteiger charge is 2.19. The van der Waals surface area contributed by atoms with E-state index in [0.717, 1.165) is 18.5 Å². The van der Waals surface area contributed by atoms with Crippen LogP contribution in [0.3, 0.4) is 0 Å². The van der Waals surface area contributed by atoms with Crippen molar-refractivity contribution >= 4 is 11.9 Å². The average molecular weight is 310 g/mol. The van der Waals surface area contributed by atoms with Crippen molar-refractivity contribution in [2.75, 3.05) is 11.9 Å². The largest absolute Gasteiger partial charge is 0.444 e. The Morgan fingerprint density at radius 2 is 1.91 bits per heavy atom. The number of rotatable bonds is 5. The van der Waals surface area contributed by atoms with E-state index < -0.39 is 11.7 Å². The molecule has 0 saturated heterocycles. The van der Waals surface area contributed by atoms with E-state index in [-0.39, 0.29) is 0 Å². The first-order valence-corrected chi connectivity index (χ1v) is 7.69. The molecule has 2 N–H and O–H groups in total. The summed E-state index contributed by atoms with van der Waals surface area (Å²) in [6, 6.07) is 0. The molecule has 126 valence electrons. The second kappa shape index (κ2) is 7.13. The molecular weight excluding hydrogens is 280 g/mol. The standard InChI is InChI=1S/C16H30N4O2/c1-15(2,3)8-9-17-10-12-11-18-20(7)13(12)19-14(21)22-16(4,5)6/h11,17H,8-10H2,1-7H3,(H,19,21). The SMILES string of the molecule is Cn1ncc(CNCCC(C)(C)C)c1NC(=O)OC(C)(C)C. The minimum Gasteiger partial charge on any atom is -0.444 e.